The second-order valence-electron chi connectivity index (χ2n) is 5.88. The van der Waals surface area contributed by atoms with Crippen LogP contribution in [0.2, 0.25) is 10.0 Å². The Hall–Kier alpha value is -2.35. The Kier molecular flexibility index (Phi) is 5.14. The third-order valence-corrected chi connectivity index (χ3v) is 5.81. The van der Waals surface area contributed by atoms with Crippen LogP contribution in [0.4, 0.5) is 8.78 Å². The average Bonchev–Trinajstić information content (AvgIpc) is 2.65. The standard InChI is InChI=1S/C19H11Cl2F2N3OS/c20-11-2-1-3-12(21)17(11)18-14-5-7-16(25-26(14)9-24-19(18)27)28-15-6-4-10(22)8-13(15)23/h1-9,16,25H. The first-order chi connectivity index (χ1) is 13.4. The van der Waals surface area contributed by atoms with Crippen LogP contribution in [0.1, 0.15) is 5.69 Å². The fraction of sp³-hybridized carbons (Fsp3) is 0.0526. The van der Waals surface area contributed by atoms with Crippen molar-refractivity contribution in [2.75, 3.05) is 5.43 Å². The maximum atomic E-state index is 13.9. The summed E-state index contributed by atoms with van der Waals surface area (Å²) in [7, 11) is 0. The monoisotopic (exact) mass is 437 g/mol. The van der Waals surface area contributed by atoms with Gasteiger partial charge in [0.15, 0.2) is 0 Å². The summed E-state index contributed by atoms with van der Waals surface area (Å²) in [5, 5.41) is 0.295. The van der Waals surface area contributed by atoms with E-state index in [9.17, 15) is 13.6 Å². The van der Waals surface area contributed by atoms with Crippen molar-refractivity contribution in [2.45, 2.75) is 10.3 Å². The number of benzene rings is 2. The van der Waals surface area contributed by atoms with Crippen LogP contribution in [0.25, 0.3) is 17.2 Å². The lowest BCUT2D eigenvalue weighted by molar-refractivity contribution is 0.565. The number of rotatable bonds is 3. The molecule has 0 bridgehead atoms. The molecule has 142 valence electrons. The first-order valence-electron chi connectivity index (χ1n) is 8.06. The van der Waals surface area contributed by atoms with Gasteiger partial charge in [-0.05, 0) is 36.4 Å². The Bertz CT molecular complexity index is 1150. The number of nitrogens with zero attached hydrogens (tertiary/aromatic N) is 2. The highest BCUT2D eigenvalue weighted by Gasteiger charge is 2.22. The third kappa shape index (κ3) is 3.53. The molecule has 0 aliphatic carbocycles. The van der Waals surface area contributed by atoms with Crippen LogP contribution >= 0.6 is 35.0 Å². The van der Waals surface area contributed by atoms with Gasteiger partial charge in [-0.3, -0.25) is 4.79 Å². The number of hydrogen-bond acceptors (Lipinski definition) is 4. The molecule has 1 aliphatic heterocycles. The summed E-state index contributed by atoms with van der Waals surface area (Å²) in [6, 6.07) is 8.37. The van der Waals surface area contributed by atoms with E-state index in [1.54, 1.807) is 35.0 Å². The van der Waals surface area contributed by atoms with Crippen LogP contribution < -0.4 is 11.0 Å². The second-order valence-corrected chi connectivity index (χ2v) is 7.88. The molecule has 4 nitrogen and oxygen atoms in total. The van der Waals surface area contributed by atoms with Gasteiger partial charge in [-0.25, -0.2) is 13.5 Å². The van der Waals surface area contributed by atoms with Gasteiger partial charge in [0.1, 0.15) is 23.3 Å². The molecule has 2 aromatic carbocycles. The largest absolute Gasteiger partial charge is 0.307 e. The van der Waals surface area contributed by atoms with Crippen LogP contribution in [-0.2, 0) is 0 Å². The van der Waals surface area contributed by atoms with Crippen LogP contribution in [0.3, 0.4) is 0 Å². The van der Waals surface area contributed by atoms with E-state index in [2.05, 4.69) is 10.4 Å². The summed E-state index contributed by atoms with van der Waals surface area (Å²) in [6.45, 7) is 0. The predicted molar refractivity (Wildman–Crippen MR) is 108 cm³/mol. The van der Waals surface area contributed by atoms with Crippen LogP contribution in [0, 0.1) is 11.6 Å². The predicted octanol–water partition coefficient (Wildman–Crippen LogP) is 5.18. The molecule has 1 aliphatic rings. The molecule has 0 radical (unpaired) electrons. The van der Waals surface area contributed by atoms with E-state index in [1.165, 1.54) is 18.5 Å². The Balaban J connectivity index is 1.72. The molecular weight excluding hydrogens is 427 g/mol. The van der Waals surface area contributed by atoms with E-state index in [0.29, 0.717) is 21.3 Å². The average molecular weight is 438 g/mol. The Morgan fingerprint density at radius 1 is 1.11 bits per heavy atom. The first-order valence-corrected chi connectivity index (χ1v) is 9.70. The first kappa shape index (κ1) is 19.0. The van der Waals surface area contributed by atoms with Crippen molar-refractivity contribution < 1.29 is 8.78 Å². The zero-order chi connectivity index (χ0) is 19.8. The molecule has 1 unspecified atom stereocenters. The number of halogens is 4. The smallest absolute Gasteiger partial charge is 0.281 e. The zero-order valence-electron chi connectivity index (χ0n) is 14.0. The van der Waals surface area contributed by atoms with Crippen LogP contribution in [-0.4, -0.2) is 15.0 Å². The maximum Gasteiger partial charge on any atom is 0.281 e. The van der Waals surface area contributed by atoms with Gasteiger partial charge < -0.3 is 5.43 Å². The maximum absolute atomic E-state index is 13.9. The van der Waals surface area contributed by atoms with Crippen molar-refractivity contribution in [1.29, 1.82) is 0 Å². The molecule has 1 aromatic heterocycles. The van der Waals surface area contributed by atoms with Gasteiger partial charge in [0.25, 0.3) is 5.56 Å². The van der Waals surface area contributed by atoms with Gasteiger partial charge in [0, 0.05) is 16.5 Å². The fourth-order valence-corrected chi connectivity index (χ4v) is 4.34. The van der Waals surface area contributed by atoms with Gasteiger partial charge in [0.2, 0.25) is 0 Å². The number of aromatic nitrogens is 2. The van der Waals surface area contributed by atoms with E-state index in [0.717, 1.165) is 17.8 Å². The molecular formula is C19H11Cl2F2N3OS. The topological polar surface area (TPSA) is 46.9 Å². The van der Waals surface area contributed by atoms with Crippen molar-refractivity contribution in [3.63, 3.8) is 0 Å². The quantitative estimate of drug-likeness (QED) is 0.612. The summed E-state index contributed by atoms with van der Waals surface area (Å²) < 4.78 is 28.6. The molecule has 1 atom stereocenters. The van der Waals surface area contributed by atoms with E-state index in [1.807, 2.05) is 0 Å². The fourth-order valence-electron chi connectivity index (χ4n) is 2.84. The lowest BCUT2D eigenvalue weighted by atomic mass is 10.0. The van der Waals surface area contributed by atoms with Crippen molar-refractivity contribution >= 4 is 41.0 Å². The lowest BCUT2D eigenvalue weighted by Gasteiger charge is -2.25. The van der Waals surface area contributed by atoms with Crippen molar-refractivity contribution in [2.24, 2.45) is 0 Å². The van der Waals surface area contributed by atoms with Crippen LogP contribution in [0.15, 0.2) is 58.5 Å². The van der Waals surface area contributed by atoms with E-state index in [-0.39, 0.29) is 15.8 Å². The molecule has 0 spiro atoms. The molecule has 9 heteroatoms. The van der Waals surface area contributed by atoms with Crippen LogP contribution in [0.5, 0.6) is 0 Å². The van der Waals surface area contributed by atoms with Gasteiger partial charge in [-0.2, -0.15) is 4.98 Å². The van der Waals surface area contributed by atoms with Crippen molar-refractivity contribution in [3.05, 3.63) is 86.5 Å². The highest BCUT2D eigenvalue weighted by atomic mass is 35.5. The molecule has 0 fully saturated rings. The van der Waals surface area contributed by atoms with E-state index in [4.69, 9.17) is 23.2 Å². The zero-order valence-corrected chi connectivity index (χ0v) is 16.3. The number of nitrogens with one attached hydrogen (secondary N) is 1. The van der Waals surface area contributed by atoms with Gasteiger partial charge >= 0.3 is 0 Å². The third-order valence-electron chi connectivity index (χ3n) is 4.08. The molecule has 0 saturated carbocycles. The summed E-state index contributed by atoms with van der Waals surface area (Å²) in [5.41, 5.74) is 3.82. The molecule has 2 heterocycles. The summed E-state index contributed by atoms with van der Waals surface area (Å²) >= 11 is 13.7. The number of thioether (sulfide) groups is 1. The summed E-state index contributed by atoms with van der Waals surface area (Å²) in [4.78, 5) is 16.6. The Morgan fingerprint density at radius 3 is 2.57 bits per heavy atom. The highest BCUT2D eigenvalue weighted by Crippen LogP contribution is 2.36. The minimum Gasteiger partial charge on any atom is -0.307 e. The number of fused-ring (bicyclic) bond motifs is 1. The molecule has 0 saturated heterocycles. The molecule has 4 rings (SSSR count). The Labute approximate surface area is 172 Å². The molecule has 3 aromatic rings. The minimum atomic E-state index is -0.646. The van der Waals surface area contributed by atoms with Gasteiger partial charge in [0.05, 0.1) is 21.3 Å². The van der Waals surface area contributed by atoms with Gasteiger partial charge in [-0.15, -0.1) is 0 Å². The normalized spacial score (nSPS) is 15.2. The minimum absolute atomic E-state index is 0.262. The molecule has 0 amide bonds. The van der Waals surface area contributed by atoms with E-state index >= 15 is 0 Å². The van der Waals surface area contributed by atoms with Gasteiger partial charge in [-0.1, -0.05) is 41.0 Å². The second kappa shape index (κ2) is 7.58. The molecule has 28 heavy (non-hydrogen) atoms. The van der Waals surface area contributed by atoms with E-state index < -0.39 is 17.2 Å². The Morgan fingerprint density at radius 2 is 1.86 bits per heavy atom. The summed E-state index contributed by atoms with van der Waals surface area (Å²) in [5.74, 6) is -1.28. The van der Waals surface area contributed by atoms with Crippen molar-refractivity contribution in [1.82, 2.24) is 9.66 Å². The lowest BCUT2D eigenvalue weighted by Crippen LogP contribution is -2.31. The number of hydrogen-bond donors (Lipinski definition) is 1. The van der Waals surface area contributed by atoms with Crippen molar-refractivity contribution in [3.8, 4) is 11.1 Å². The summed E-state index contributed by atoms with van der Waals surface area (Å²) in [6.07, 6.45) is 4.81. The molecule has 1 N–H and O–H groups in total. The SMILES string of the molecule is O=c1ncn2c(c1-c1c(Cl)cccc1Cl)C=CC(Sc1ccc(F)cc1F)N2. The highest BCUT2D eigenvalue weighted by molar-refractivity contribution is 8.00.